The van der Waals surface area contributed by atoms with Gasteiger partial charge in [-0.3, -0.25) is 9.69 Å². The number of rotatable bonds is 4. The Morgan fingerprint density at radius 2 is 2.38 bits per heavy atom. The minimum absolute atomic E-state index is 0.154. The lowest BCUT2D eigenvalue weighted by atomic mass is 10.0. The maximum Gasteiger partial charge on any atom is 0.218 e. The SMILES string of the molecule is NC(=O)CCN1CCOCC1c1c[nH]c2ccc(Br)cc12. The van der Waals surface area contributed by atoms with E-state index in [0.29, 0.717) is 26.2 Å². The van der Waals surface area contributed by atoms with Crippen LogP contribution in [0.5, 0.6) is 0 Å². The molecule has 1 atom stereocenters. The van der Waals surface area contributed by atoms with Gasteiger partial charge in [-0.25, -0.2) is 0 Å². The van der Waals surface area contributed by atoms with Crippen LogP contribution in [0.1, 0.15) is 18.0 Å². The standard InChI is InChI=1S/C15H18BrN3O2/c16-10-1-2-13-11(7-10)12(8-18-13)14-9-21-6-5-19(14)4-3-15(17)20/h1-2,7-8,14,18H,3-6,9H2,(H2,17,20). The Bertz CT molecular complexity index is 655. The molecular weight excluding hydrogens is 334 g/mol. The van der Waals surface area contributed by atoms with Gasteiger partial charge in [-0.2, -0.15) is 0 Å². The monoisotopic (exact) mass is 351 g/mol. The molecule has 1 aromatic carbocycles. The molecule has 21 heavy (non-hydrogen) atoms. The van der Waals surface area contributed by atoms with Crippen molar-refractivity contribution in [3.8, 4) is 0 Å². The van der Waals surface area contributed by atoms with E-state index in [1.807, 2.05) is 12.3 Å². The van der Waals surface area contributed by atoms with Crippen molar-refractivity contribution in [2.24, 2.45) is 5.73 Å². The highest BCUT2D eigenvalue weighted by Gasteiger charge is 2.26. The molecule has 6 heteroatoms. The van der Waals surface area contributed by atoms with Gasteiger partial charge in [0.1, 0.15) is 0 Å². The minimum atomic E-state index is -0.262. The van der Waals surface area contributed by atoms with E-state index in [-0.39, 0.29) is 11.9 Å². The van der Waals surface area contributed by atoms with Crippen LogP contribution in [0.2, 0.25) is 0 Å². The van der Waals surface area contributed by atoms with Crippen LogP contribution in [0.3, 0.4) is 0 Å². The molecule has 3 N–H and O–H groups in total. The number of hydrogen-bond donors (Lipinski definition) is 2. The zero-order valence-corrected chi connectivity index (χ0v) is 13.2. The fraction of sp³-hybridized carbons (Fsp3) is 0.400. The normalized spacial score (nSPS) is 20.0. The third-order valence-corrected chi connectivity index (χ3v) is 4.41. The number of amides is 1. The Balaban J connectivity index is 1.90. The second kappa shape index (κ2) is 6.17. The average Bonchev–Trinajstić information content (AvgIpc) is 2.88. The number of benzene rings is 1. The van der Waals surface area contributed by atoms with E-state index >= 15 is 0 Å². The van der Waals surface area contributed by atoms with Crippen LogP contribution in [0.15, 0.2) is 28.9 Å². The predicted octanol–water partition coefficient (Wildman–Crippen LogP) is 2.18. The summed E-state index contributed by atoms with van der Waals surface area (Å²) in [5.74, 6) is -0.262. The van der Waals surface area contributed by atoms with Gasteiger partial charge in [0, 0.05) is 41.1 Å². The molecule has 1 unspecified atom stereocenters. The number of fused-ring (bicyclic) bond motifs is 1. The number of carbonyl (C=O) groups is 1. The molecular formula is C15H18BrN3O2. The van der Waals surface area contributed by atoms with Crippen LogP contribution < -0.4 is 5.73 Å². The second-order valence-electron chi connectivity index (χ2n) is 5.28. The number of ether oxygens (including phenoxy) is 1. The summed E-state index contributed by atoms with van der Waals surface area (Å²) in [7, 11) is 0. The highest BCUT2D eigenvalue weighted by molar-refractivity contribution is 9.10. The minimum Gasteiger partial charge on any atom is -0.378 e. The fourth-order valence-corrected chi connectivity index (χ4v) is 3.20. The molecule has 0 saturated carbocycles. The van der Waals surface area contributed by atoms with E-state index in [1.54, 1.807) is 0 Å². The van der Waals surface area contributed by atoms with E-state index in [0.717, 1.165) is 16.5 Å². The van der Waals surface area contributed by atoms with Crippen molar-refractivity contribution >= 4 is 32.7 Å². The van der Waals surface area contributed by atoms with Crippen molar-refractivity contribution in [3.63, 3.8) is 0 Å². The van der Waals surface area contributed by atoms with Crippen molar-refractivity contribution in [2.45, 2.75) is 12.5 Å². The van der Waals surface area contributed by atoms with Crippen LogP contribution >= 0.6 is 15.9 Å². The van der Waals surface area contributed by atoms with Gasteiger partial charge < -0.3 is 15.5 Å². The summed E-state index contributed by atoms with van der Waals surface area (Å²) in [6.07, 6.45) is 2.41. The van der Waals surface area contributed by atoms with Gasteiger partial charge >= 0.3 is 0 Å². The molecule has 5 nitrogen and oxygen atoms in total. The van der Waals surface area contributed by atoms with Gasteiger partial charge in [0.05, 0.1) is 19.3 Å². The zero-order valence-electron chi connectivity index (χ0n) is 11.6. The third kappa shape index (κ3) is 3.12. The summed E-state index contributed by atoms with van der Waals surface area (Å²) < 4.78 is 6.69. The molecule has 1 aliphatic heterocycles. The average molecular weight is 352 g/mol. The number of nitrogens with one attached hydrogen (secondary N) is 1. The van der Waals surface area contributed by atoms with E-state index < -0.39 is 0 Å². The molecule has 1 fully saturated rings. The number of primary amides is 1. The number of aromatic nitrogens is 1. The number of hydrogen-bond acceptors (Lipinski definition) is 3. The van der Waals surface area contributed by atoms with Crippen LogP contribution in [0.4, 0.5) is 0 Å². The van der Waals surface area contributed by atoms with Gasteiger partial charge in [0.15, 0.2) is 0 Å². The highest BCUT2D eigenvalue weighted by Crippen LogP contribution is 2.32. The van der Waals surface area contributed by atoms with Gasteiger partial charge in [-0.15, -0.1) is 0 Å². The quantitative estimate of drug-likeness (QED) is 0.886. The maximum absolute atomic E-state index is 11.0. The smallest absolute Gasteiger partial charge is 0.218 e. The predicted molar refractivity (Wildman–Crippen MR) is 84.9 cm³/mol. The van der Waals surface area contributed by atoms with Crippen LogP contribution in [-0.4, -0.2) is 42.1 Å². The molecule has 1 amide bonds. The Kier molecular flexibility index (Phi) is 4.28. The summed E-state index contributed by atoms with van der Waals surface area (Å²) in [5, 5.41) is 1.18. The molecule has 112 valence electrons. The zero-order chi connectivity index (χ0) is 14.8. The first kappa shape index (κ1) is 14.6. The Labute approximate surface area is 131 Å². The molecule has 0 bridgehead atoms. The first-order valence-corrected chi connectivity index (χ1v) is 7.81. The Hall–Kier alpha value is -1.37. The van der Waals surface area contributed by atoms with Gasteiger partial charge in [0.2, 0.25) is 5.91 Å². The van der Waals surface area contributed by atoms with Crippen LogP contribution in [0, 0.1) is 0 Å². The summed E-state index contributed by atoms with van der Waals surface area (Å²) >= 11 is 3.52. The maximum atomic E-state index is 11.0. The molecule has 0 aliphatic carbocycles. The summed E-state index contributed by atoms with van der Waals surface area (Å²) in [4.78, 5) is 16.6. The first-order valence-electron chi connectivity index (χ1n) is 7.02. The number of carbonyl (C=O) groups excluding carboxylic acids is 1. The van der Waals surface area contributed by atoms with Gasteiger partial charge in [-0.05, 0) is 23.8 Å². The number of halogens is 1. The number of H-pyrrole nitrogens is 1. The topological polar surface area (TPSA) is 71.3 Å². The van der Waals surface area contributed by atoms with Crippen molar-refractivity contribution in [2.75, 3.05) is 26.3 Å². The van der Waals surface area contributed by atoms with Crippen molar-refractivity contribution in [1.82, 2.24) is 9.88 Å². The molecule has 1 aromatic heterocycles. The summed E-state index contributed by atoms with van der Waals surface area (Å²) in [6.45, 7) is 2.82. The molecule has 0 spiro atoms. The molecule has 2 heterocycles. The fourth-order valence-electron chi connectivity index (χ4n) is 2.84. The van der Waals surface area contributed by atoms with E-state index in [4.69, 9.17) is 10.5 Å². The Morgan fingerprint density at radius 3 is 3.19 bits per heavy atom. The highest BCUT2D eigenvalue weighted by atomic mass is 79.9. The van der Waals surface area contributed by atoms with Gasteiger partial charge in [0.25, 0.3) is 0 Å². The van der Waals surface area contributed by atoms with Crippen molar-refractivity contribution in [1.29, 1.82) is 0 Å². The van der Waals surface area contributed by atoms with E-state index in [2.05, 4.69) is 37.9 Å². The lowest BCUT2D eigenvalue weighted by Crippen LogP contribution is -2.41. The van der Waals surface area contributed by atoms with Crippen molar-refractivity contribution in [3.05, 3.63) is 34.4 Å². The third-order valence-electron chi connectivity index (χ3n) is 3.92. The number of aromatic amines is 1. The lowest BCUT2D eigenvalue weighted by molar-refractivity contribution is -0.118. The van der Waals surface area contributed by atoms with Crippen LogP contribution in [-0.2, 0) is 9.53 Å². The first-order chi connectivity index (χ1) is 10.1. The molecule has 1 saturated heterocycles. The van der Waals surface area contributed by atoms with E-state index in [1.165, 1.54) is 10.9 Å². The molecule has 2 aromatic rings. The number of nitrogens with zero attached hydrogens (tertiary/aromatic N) is 1. The lowest BCUT2D eigenvalue weighted by Gasteiger charge is -2.35. The summed E-state index contributed by atoms with van der Waals surface area (Å²) in [6, 6.07) is 6.34. The Morgan fingerprint density at radius 1 is 1.52 bits per heavy atom. The largest absolute Gasteiger partial charge is 0.378 e. The number of morpholine rings is 1. The molecule has 1 aliphatic rings. The second-order valence-corrected chi connectivity index (χ2v) is 6.19. The van der Waals surface area contributed by atoms with Gasteiger partial charge in [-0.1, -0.05) is 15.9 Å². The summed E-state index contributed by atoms with van der Waals surface area (Å²) in [5.41, 5.74) is 7.58. The number of nitrogens with two attached hydrogens (primary N) is 1. The van der Waals surface area contributed by atoms with Crippen molar-refractivity contribution < 1.29 is 9.53 Å². The molecule has 0 radical (unpaired) electrons. The van der Waals surface area contributed by atoms with E-state index in [9.17, 15) is 4.79 Å². The molecule has 3 rings (SSSR count). The van der Waals surface area contributed by atoms with Crippen LogP contribution in [0.25, 0.3) is 10.9 Å².